The number of thiophene rings is 1. The first-order chi connectivity index (χ1) is 11.7. The van der Waals surface area contributed by atoms with E-state index in [1.54, 1.807) is 18.4 Å². The summed E-state index contributed by atoms with van der Waals surface area (Å²) in [6.45, 7) is 5.76. The van der Waals surface area contributed by atoms with Crippen molar-refractivity contribution in [2.75, 3.05) is 20.3 Å². The van der Waals surface area contributed by atoms with Crippen LogP contribution in [0.4, 0.5) is 0 Å². The predicted molar refractivity (Wildman–Crippen MR) is 103 cm³/mol. The van der Waals surface area contributed by atoms with Crippen molar-refractivity contribution in [2.24, 2.45) is 0 Å². The second kappa shape index (κ2) is 8.48. The zero-order valence-corrected chi connectivity index (χ0v) is 16.7. The molecule has 0 bridgehead atoms. The zero-order chi connectivity index (χ0) is 16.9. The fourth-order valence-corrected chi connectivity index (χ4v) is 4.50. The lowest BCUT2D eigenvalue weighted by Crippen LogP contribution is -2.31. The number of hydrogen-bond donors (Lipinski definition) is 0. The van der Waals surface area contributed by atoms with E-state index >= 15 is 0 Å². The van der Waals surface area contributed by atoms with E-state index in [4.69, 9.17) is 9.47 Å². The first-order valence-corrected chi connectivity index (χ1v) is 10.0. The van der Waals surface area contributed by atoms with Crippen LogP contribution >= 0.6 is 27.3 Å². The van der Waals surface area contributed by atoms with Gasteiger partial charge in [-0.3, -0.25) is 4.90 Å². The average Bonchev–Trinajstić information content (AvgIpc) is 3.21. The molecule has 1 unspecified atom stereocenters. The Kier molecular flexibility index (Phi) is 6.33. The van der Waals surface area contributed by atoms with Gasteiger partial charge < -0.3 is 9.47 Å². The van der Waals surface area contributed by atoms with Gasteiger partial charge in [0.1, 0.15) is 0 Å². The molecule has 2 aromatic rings. The number of methoxy groups -OCH3 is 1. The highest BCUT2D eigenvalue weighted by Gasteiger charge is 2.21. The standard InChI is InChI=1S/C19H24BrNO2S/c1-14-5-6-15(18(20)10-14)11-21(13-17-4-3-8-23-17)12-16-7-9-24-19(16)22-2/h5-7,9-10,17H,3-4,8,11-13H2,1-2H3. The van der Waals surface area contributed by atoms with Gasteiger partial charge in [0.05, 0.1) is 13.2 Å². The third-order valence-electron chi connectivity index (χ3n) is 4.37. The maximum absolute atomic E-state index is 5.86. The molecule has 1 aromatic heterocycles. The fourth-order valence-electron chi connectivity index (χ4n) is 3.14. The van der Waals surface area contributed by atoms with E-state index in [0.717, 1.165) is 37.7 Å². The van der Waals surface area contributed by atoms with Crippen molar-refractivity contribution in [3.05, 3.63) is 50.8 Å². The van der Waals surface area contributed by atoms with Crippen LogP contribution in [0.25, 0.3) is 0 Å². The second-order valence-electron chi connectivity index (χ2n) is 6.34. The Balaban J connectivity index is 1.75. The van der Waals surface area contributed by atoms with Gasteiger partial charge in [0, 0.05) is 36.3 Å². The molecule has 1 fully saturated rings. The van der Waals surface area contributed by atoms with E-state index in [1.165, 1.54) is 27.6 Å². The molecule has 1 aromatic carbocycles. The molecule has 1 aliphatic heterocycles. The molecule has 130 valence electrons. The van der Waals surface area contributed by atoms with Gasteiger partial charge in [0.15, 0.2) is 5.06 Å². The zero-order valence-electron chi connectivity index (χ0n) is 14.3. The topological polar surface area (TPSA) is 21.7 Å². The Morgan fingerprint density at radius 3 is 2.83 bits per heavy atom. The van der Waals surface area contributed by atoms with Gasteiger partial charge in [-0.25, -0.2) is 0 Å². The van der Waals surface area contributed by atoms with Gasteiger partial charge in [-0.05, 0) is 48.4 Å². The van der Waals surface area contributed by atoms with Crippen molar-refractivity contribution in [3.8, 4) is 5.06 Å². The number of ether oxygens (including phenoxy) is 2. The van der Waals surface area contributed by atoms with E-state index in [2.05, 4.69) is 57.4 Å². The quantitative estimate of drug-likeness (QED) is 0.641. The van der Waals surface area contributed by atoms with Crippen LogP contribution in [-0.2, 0) is 17.8 Å². The Morgan fingerprint density at radius 2 is 2.12 bits per heavy atom. The lowest BCUT2D eigenvalue weighted by molar-refractivity contribution is 0.0676. The molecular weight excluding hydrogens is 386 g/mol. The molecule has 2 heterocycles. The molecule has 0 saturated carbocycles. The highest BCUT2D eigenvalue weighted by Crippen LogP contribution is 2.29. The van der Waals surface area contributed by atoms with Crippen LogP contribution in [0.1, 0.15) is 29.5 Å². The molecule has 1 saturated heterocycles. The summed E-state index contributed by atoms with van der Waals surface area (Å²) < 4.78 is 12.5. The number of hydrogen-bond acceptors (Lipinski definition) is 4. The summed E-state index contributed by atoms with van der Waals surface area (Å²) in [6, 6.07) is 8.74. The lowest BCUT2D eigenvalue weighted by atomic mass is 10.1. The molecule has 3 nitrogen and oxygen atoms in total. The van der Waals surface area contributed by atoms with Gasteiger partial charge in [0.25, 0.3) is 0 Å². The van der Waals surface area contributed by atoms with Crippen LogP contribution in [0.2, 0.25) is 0 Å². The SMILES string of the molecule is COc1sccc1CN(Cc1ccc(C)cc1Br)CC1CCCO1. The van der Waals surface area contributed by atoms with Gasteiger partial charge in [-0.1, -0.05) is 28.1 Å². The largest absolute Gasteiger partial charge is 0.487 e. The molecule has 24 heavy (non-hydrogen) atoms. The minimum atomic E-state index is 0.346. The molecule has 3 rings (SSSR count). The molecule has 5 heteroatoms. The maximum atomic E-state index is 5.86. The molecule has 0 N–H and O–H groups in total. The van der Waals surface area contributed by atoms with Gasteiger partial charge in [0.2, 0.25) is 0 Å². The third-order valence-corrected chi connectivity index (χ3v) is 6.03. The van der Waals surface area contributed by atoms with Crippen molar-refractivity contribution in [1.29, 1.82) is 0 Å². The summed E-state index contributed by atoms with van der Waals surface area (Å²) in [5.41, 5.74) is 3.84. The Hall–Kier alpha value is -0.880. The van der Waals surface area contributed by atoms with Crippen molar-refractivity contribution >= 4 is 27.3 Å². The van der Waals surface area contributed by atoms with Crippen molar-refractivity contribution in [2.45, 2.75) is 39.0 Å². The third kappa shape index (κ3) is 4.60. The molecule has 0 amide bonds. The molecule has 1 atom stereocenters. The monoisotopic (exact) mass is 409 g/mol. The summed E-state index contributed by atoms with van der Waals surface area (Å²) in [7, 11) is 1.75. The normalized spacial score (nSPS) is 17.6. The first kappa shape index (κ1) is 17.9. The average molecular weight is 410 g/mol. The van der Waals surface area contributed by atoms with Gasteiger partial charge in [-0.2, -0.15) is 0 Å². The van der Waals surface area contributed by atoms with Crippen LogP contribution in [0.3, 0.4) is 0 Å². The first-order valence-electron chi connectivity index (χ1n) is 8.35. The molecule has 0 radical (unpaired) electrons. The van der Waals surface area contributed by atoms with Gasteiger partial charge >= 0.3 is 0 Å². The van der Waals surface area contributed by atoms with Crippen LogP contribution in [0.5, 0.6) is 5.06 Å². The minimum absolute atomic E-state index is 0.346. The minimum Gasteiger partial charge on any atom is -0.487 e. The smallest absolute Gasteiger partial charge is 0.177 e. The summed E-state index contributed by atoms with van der Waals surface area (Å²) in [5.74, 6) is 0. The Bertz CT molecular complexity index is 667. The Morgan fingerprint density at radius 1 is 1.29 bits per heavy atom. The molecular formula is C19H24BrNO2S. The number of benzene rings is 1. The molecule has 0 spiro atoms. The maximum Gasteiger partial charge on any atom is 0.177 e. The molecule has 0 aliphatic carbocycles. The van der Waals surface area contributed by atoms with Crippen molar-refractivity contribution in [3.63, 3.8) is 0 Å². The van der Waals surface area contributed by atoms with E-state index in [-0.39, 0.29) is 0 Å². The molecule has 1 aliphatic rings. The second-order valence-corrected chi connectivity index (χ2v) is 8.07. The van der Waals surface area contributed by atoms with Crippen LogP contribution in [0.15, 0.2) is 34.1 Å². The lowest BCUT2D eigenvalue weighted by Gasteiger charge is -2.26. The summed E-state index contributed by atoms with van der Waals surface area (Å²) in [5, 5.41) is 3.11. The van der Waals surface area contributed by atoms with Crippen LogP contribution in [0, 0.1) is 6.92 Å². The van der Waals surface area contributed by atoms with E-state index < -0.39 is 0 Å². The highest BCUT2D eigenvalue weighted by atomic mass is 79.9. The summed E-state index contributed by atoms with van der Waals surface area (Å²) in [4.78, 5) is 2.47. The van der Waals surface area contributed by atoms with Gasteiger partial charge in [-0.15, -0.1) is 11.3 Å². The van der Waals surface area contributed by atoms with E-state index in [0.29, 0.717) is 6.10 Å². The van der Waals surface area contributed by atoms with Crippen LogP contribution in [-0.4, -0.2) is 31.3 Å². The highest BCUT2D eigenvalue weighted by molar-refractivity contribution is 9.10. The van der Waals surface area contributed by atoms with E-state index in [9.17, 15) is 0 Å². The van der Waals surface area contributed by atoms with E-state index in [1.807, 2.05) is 0 Å². The number of nitrogens with zero attached hydrogens (tertiary/aromatic N) is 1. The number of aryl methyl sites for hydroxylation is 1. The van der Waals surface area contributed by atoms with Crippen molar-refractivity contribution < 1.29 is 9.47 Å². The summed E-state index contributed by atoms with van der Waals surface area (Å²) >= 11 is 5.37. The number of halogens is 1. The number of rotatable bonds is 7. The fraction of sp³-hybridized carbons (Fsp3) is 0.474. The Labute approximate surface area is 156 Å². The summed E-state index contributed by atoms with van der Waals surface area (Å²) in [6.07, 6.45) is 2.68. The predicted octanol–water partition coefficient (Wildman–Crippen LogP) is 5.01. The van der Waals surface area contributed by atoms with Crippen molar-refractivity contribution in [1.82, 2.24) is 4.90 Å². The van der Waals surface area contributed by atoms with Crippen LogP contribution < -0.4 is 4.74 Å².